The van der Waals surface area contributed by atoms with Crippen molar-refractivity contribution >= 4 is 21.4 Å². The van der Waals surface area contributed by atoms with Gasteiger partial charge in [-0.2, -0.15) is 0 Å². The molecule has 20 heavy (non-hydrogen) atoms. The van der Waals surface area contributed by atoms with Crippen molar-refractivity contribution in [3.63, 3.8) is 0 Å². The van der Waals surface area contributed by atoms with Crippen LogP contribution in [0.3, 0.4) is 0 Å². The molecule has 0 saturated heterocycles. The van der Waals surface area contributed by atoms with Gasteiger partial charge in [-0.05, 0) is 25.0 Å². The van der Waals surface area contributed by atoms with E-state index in [9.17, 15) is 18.5 Å². The van der Waals surface area contributed by atoms with Crippen LogP contribution in [0.15, 0.2) is 23.1 Å². The summed E-state index contributed by atoms with van der Waals surface area (Å²) in [6.45, 7) is 3.79. The Morgan fingerprint density at radius 2 is 1.90 bits per heavy atom. The van der Waals surface area contributed by atoms with E-state index < -0.39 is 14.9 Å². The molecule has 0 spiro atoms. The fourth-order valence-electron chi connectivity index (χ4n) is 1.78. The van der Waals surface area contributed by atoms with Crippen LogP contribution in [-0.2, 0) is 10.0 Å². The minimum Gasteiger partial charge on any atom is -0.383 e. The largest absolute Gasteiger partial charge is 0.383 e. The lowest BCUT2D eigenvalue weighted by Gasteiger charge is -2.15. The smallest absolute Gasteiger partial charge is 0.292 e. The highest BCUT2D eigenvalue weighted by Crippen LogP contribution is 2.27. The van der Waals surface area contributed by atoms with Crippen molar-refractivity contribution in [1.29, 1.82) is 0 Å². The third-order valence-electron chi connectivity index (χ3n) is 3.05. The molecule has 0 aliphatic carbocycles. The summed E-state index contributed by atoms with van der Waals surface area (Å²) in [6, 6.07) is 3.55. The van der Waals surface area contributed by atoms with Crippen LogP contribution in [0.4, 0.5) is 11.4 Å². The van der Waals surface area contributed by atoms with Gasteiger partial charge in [0.15, 0.2) is 0 Å². The first kappa shape index (κ1) is 16.4. The number of nitro benzene ring substituents is 1. The van der Waals surface area contributed by atoms with Gasteiger partial charge in [-0.15, -0.1) is 0 Å². The number of benzene rings is 1. The summed E-state index contributed by atoms with van der Waals surface area (Å²) in [6.07, 6.45) is 1.36. The van der Waals surface area contributed by atoms with Gasteiger partial charge in [0.25, 0.3) is 5.69 Å². The van der Waals surface area contributed by atoms with Crippen LogP contribution in [0.25, 0.3) is 0 Å². The zero-order chi connectivity index (χ0) is 15.3. The topological polar surface area (TPSA) is 101 Å². The maximum Gasteiger partial charge on any atom is 0.292 e. The second-order valence-electron chi connectivity index (χ2n) is 4.32. The molecule has 0 aliphatic heterocycles. The summed E-state index contributed by atoms with van der Waals surface area (Å²) in [5.41, 5.74) is 0.0106. The predicted octanol–water partition coefficient (Wildman–Crippen LogP) is 2.10. The van der Waals surface area contributed by atoms with Gasteiger partial charge in [0.2, 0.25) is 10.0 Å². The number of nitro groups is 1. The quantitative estimate of drug-likeness (QED) is 0.593. The van der Waals surface area contributed by atoms with Crippen LogP contribution in [-0.4, -0.2) is 26.4 Å². The molecule has 0 heterocycles. The van der Waals surface area contributed by atoms with Crippen LogP contribution >= 0.6 is 0 Å². The van der Waals surface area contributed by atoms with Gasteiger partial charge < -0.3 is 5.32 Å². The number of anilines is 1. The van der Waals surface area contributed by atoms with Gasteiger partial charge in [0, 0.05) is 19.2 Å². The van der Waals surface area contributed by atoms with Crippen LogP contribution in [0.5, 0.6) is 0 Å². The van der Waals surface area contributed by atoms with E-state index in [-0.39, 0.29) is 22.3 Å². The van der Waals surface area contributed by atoms with Crippen molar-refractivity contribution in [2.45, 2.75) is 37.6 Å². The Hall–Kier alpha value is -1.67. The van der Waals surface area contributed by atoms with Crippen molar-refractivity contribution in [3.8, 4) is 0 Å². The highest BCUT2D eigenvalue weighted by atomic mass is 32.2. The van der Waals surface area contributed by atoms with Crippen molar-refractivity contribution in [1.82, 2.24) is 4.72 Å². The third kappa shape index (κ3) is 3.67. The van der Waals surface area contributed by atoms with E-state index in [0.29, 0.717) is 12.8 Å². The van der Waals surface area contributed by atoms with Gasteiger partial charge >= 0.3 is 0 Å². The molecular formula is C12H19N3O4S. The number of hydrogen-bond donors (Lipinski definition) is 2. The summed E-state index contributed by atoms with van der Waals surface area (Å²) in [5.74, 6) is 0. The summed E-state index contributed by atoms with van der Waals surface area (Å²) in [4.78, 5) is 10.3. The maximum absolute atomic E-state index is 12.2. The number of nitrogens with one attached hydrogen (secondary N) is 2. The number of sulfonamides is 1. The molecule has 112 valence electrons. The third-order valence-corrected chi connectivity index (χ3v) is 4.57. The van der Waals surface area contributed by atoms with Gasteiger partial charge in [0.05, 0.1) is 9.82 Å². The minimum absolute atomic E-state index is 0.0133. The molecule has 8 heteroatoms. The van der Waals surface area contributed by atoms with E-state index in [2.05, 4.69) is 10.0 Å². The Kier molecular flexibility index (Phi) is 5.46. The number of nitrogens with zero attached hydrogens (tertiary/aromatic N) is 1. The molecule has 1 rings (SSSR count). The molecule has 2 N–H and O–H groups in total. The Bertz CT molecular complexity index is 582. The molecule has 1 aromatic rings. The maximum atomic E-state index is 12.2. The molecule has 0 atom stereocenters. The number of rotatable bonds is 7. The molecule has 0 fully saturated rings. The van der Waals surface area contributed by atoms with Gasteiger partial charge in [-0.1, -0.05) is 13.8 Å². The van der Waals surface area contributed by atoms with E-state index in [1.807, 2.05) is 13.8 Å². The normalized spacial score (nSPS) is 11.6. The molecule has 7 nitrogen and oxygen atoms in total. The molecule has 0 amide bonds. The van der Waals surface area contributed by atoms with Gasteiger partial charge in [0.1, 0.15) is 5.69 Å². The zero-order valence-electron chi connectivity index (χ0n) is 11.7. The average Bonchev–Trinajstić information content (AvgIpc) is 2.43. The number of hydrogen-bond acceptors (Lipinski definition) is 5. The van der Waals surface area contributed by atoms with Crippen molar-refractivity contribution in [2.24, 2.45) is 0 Å². The summed E-state index contributed by atoms with van der Waals surface area (Å²) in [5, 5.41) is 13.4. The van der Waals surface area contributed by atoms with Crippen LogP contribution < -0.4 is 10.0 Å². The summed E-state index contributed by atoms with van der Waals surface area (Å²) < 4.78 is 27.0. The molecule has 0 bridgehead atoms. The monoisotopic (exact) mass is 301 g/mol. The van der Waals surface area contributed by atoms with E-state index in [1.54, 1.807) is 0 Å². The Balaban J connectivity index is 3.16. The van der Waals surface area contributed by atoms with E-state index in [1.165, 1.54) is 25.2 Å². The first-order chi connectivity index (χ1) is 9.35. The molecule has 0 radical (unpaired) electrons. The summed E-state index contributed by atoms with van der Waals surface area (Å²) >= 11 is 0. The van der Waals surface area contributed by atoms with E-state index in [0.717, 1.165) is 0 Å². The zero-order valence-corrected chi connectivity index (χ0v) is 12.5. The lowest BCUT2D eigenvalue weighted by atomic mass is 10.2. The molecular weight excluding hydrogens is 282 g/mol. The molecule has 0 unspecified atom stereocenters. The lowest BCUT2D eigenvalue weighted by Crippen LogP contribution is -2.33. The second-order valence-corrected chi connectivity index (χ2v) is 6.03. The first-order valence-electron chi connectivity index (χ1n) is 6.34. The fourth-order valence-corrected chi connectivity index (χ4v) is 3.21. The fraction of sp³-hybridized carbons (Fsp3) is 0.500. The predicted molar refractivity (Wildman–Crippen MR) is 77.3 cm³/mol. The van der Waals surface area contributed by atoms with Crippen molar-refractivity contribution in [3.05, 3.63) is 28.3 Å². The van der Waals surface area contributed by atoms with Crippen LogP contribution in [0, 0.1) is 10.1 Å². The molecule has 0 saturated carbocycles. The Morgan fingerprint density at radius 1 is 1.30 bits per heavy atom. The van der Waals surface area contributed by atoms with Gasteiger partial charge in [-0.3, -0.25) is 10.1 Å². The molecule has 0 aromatic heterocycles. The minimum atomic E-state index is -3.67. The van der Waals surface area contributed by atoms with Crippen molar-refractivity contribution in [2.75, 3.05) is 12.4 Å². The highest BCUT2D eigenvalue weighted by molar-refractivity contribution is 7.89. The SMILES string of the molecule is CCC(CC)NS(=O)(=O)c1ccc([N+](=O)[O-])c(NC)c1. The van der Waals surface area contributed by atoms with Crippen LogP contribution in [0.1, 0.15) is 26.7 Å². The summed E-state index contributed by atoms with van der Waals surface area (Å²) in [7, 11) is -2.16. The first-order valence-corrected chi connectivity index (χ1v) is 7.82. The highest BCUT2D eigenvalue weighted by Gasteiger charge is 2.21. The lowest BCUT2D eigenvalue weighted by molar-refractivity contribution is -0.384. The second kappa shape index (κ2) is 6.67. The molecule has 1 aromatic carbocycles. The van der Waals surface area contributed by atoms with Crippen molar-refractivity contribution < 1.29 is 13.3 Å². The Morgan fingerprint density at radius 3 is 2.35 bits per heavy atom. The standard InChI is InChI=1S/C12H19N3O4S/c1-4-9(5-2)14-20(18,19)10-6-7-12(15(16)17)11(8-10)13-3/h6-9,13-14H,4-5H2,1-3H3. The average molecular weight is 301 g/mol. The van der Waals surface area contributed by atoms with Crippen LogP contribution in [0.2, 0.25) is 0 Å². The van der Waals surface area contributed by atoms with Gasteiger partial charge in [-0.25, -0.2) is 13.1 Å². The Labute approximate surface area is 118 Å². The molecule has 0 aliphatic rings. The van der Waals surface area contributed by atoms with E-state index >= 15 is 0 Å². The van der Waals surface area contributed by atoms with E-state index in [4.69, 9.17) is 0 Å².